The Morgan fingerprint density at radius 2 is 1.94 bits per heavy atom. The zero-order valence-corrected chi connectivity index (χ0v) is 19.1. The Bertz CT molecular complexity index is 1210. The van der Waals surface area contributed by atoms with Gasteiger partial charge in [0.15, 0.2) is 0 Å². The number of pyridine rings is 1. The lowest BCUT2D eigenvalue weighted by atomic mass is 9.63. The molecule has 0 spiro atoms. The van der Waals surface area contributed by atoms with E-state index < -0.39 is 5.54 Å². The SMILES string of the molecule is C/C=C1\[C@H]2C=C(C)C[C@]1(N=C/C=C/c1ccc(C(=O)N(C)C)cc1)c1ccc(=O)[nH]c1C2. The second-order valence-corrected chi connectivity index (χ2v) is 8.78. The third-order valence-electron chi connectivity index (χ3n) is 6.31. The van der Waals surface area contributed by atoms with Crippen LogP contribution in [0.25, 0.3) is 6.08 Å². The number of benzene rings is 1. The predicted molar refractivity (Wildman–Crippen MR) is 130 cm³/mol. The van der Waals surface area contributed by atoms with E-state index in [0.717, 1.165) is 29.7 Å². The molecule has 1 heterocycles. The van der Waals surface area contributed by atoms with Crippen LogP contribution in [-0.2, 0) is 12.0 Å². The molecule has 1 aromatic carbocycles. The third-order valence-corrected chi connectivity index (χ3v) is 6.31. The summed E-state index contributed by atoms with van der Waals surface area (Å²) in [5.74, 6) is 0.242. The minimum Gasteiger partial charge on any atom is -0.345 e. The molecule has 2 bridgehead atoms. The summed E-state index contributed by atoms with van der Waals surface area (Å²) in [6.07, 6.45) is 11.9. The summed E-state index contributed by atoms with van der Waals surface area (Å²) in [7, 11) is 3.49. The maximum Gasteiger partial charge on any atom is 0.253 e. The maximum atomic E-state index is 12.1. The van der Waals surface area contributed by atoms with E-state index in [1.165, 1.54) is 11.1 Å². The molecule has 5 heteroatoms. The van der Waals surface area contributed by atoms with Crippen molar-refractivity contribution in [2.45, 2.75) is 32.2 Å². The molecule has 1 amide bonds. The van der Waals surface area contributed by atoms with Crippen LogP contribution in [-0.4, -0.2) is 36.1 Å². The Balaban J connectivity index is 1.65. The number of hydrogen-bond donors (Lipinski definition) is 1. The second-order valence-electron chi connectivity index (χ2n) is 8.78. The number of aromatic nitrogens is 1. The van der Waals surface area contributed by atoms with Crippen molar-refractivity contribution in [2.24, 2.45) is 10.9 Å². The second kappa shape index (κ2) is 8.58. The van der Waals surface area contributed by atoms with E-state index in [1.807, 2.05) is 48.7 Å². The van der Waals surface area contributed by atoms with Gasteiger partial charge in [-0.05, 0) is 55.7 Å². The number of carbonyl (C=O) groups is 1. The van der Waals surface area contributed by atoms with E-state index in [2.05, 4.69) is 31.0 Å². The van der Waals surface area contributed by atoms with Gasteiger partial charge >= 0.3 is 0 Å². The van der Waals surface area contributed by atoms with Gasteiger partial charge in [-0.3, -0.25) is 14.6 Å². The minimum atomic E-state index is -0.484. The lowest BCUT2D eigenvalue weighted by Gasteiger charge is -2.45. The molecule has 164 valence electrons. The molecule has 2 aromatic rings. The van der Waals surface area contributed by atoms with Crippen molar-refractivity contribution in [1.29, 1.82) is 0 Å². The van der Waals surface area contributed by atoms with Gasteiger partial charge in [0.2, 0.25) is 5.56 Å². The van der Waals surface area contributed by atoms with E-state index in [9.17, 15) is 9.59 Å². The van der Waals surface area contributed by atoms with Crippen LogP contribution in [0.5, 0.6) is 0 Å². The molecule has 0 saturated heterocycles. The molecular formula is C27H29N3O2. The van der Waals surface area contributed by atoms with Gasteiger partial charge in [0.1, 0.15) is 5.54 Å². The van der Waals surface area contributed by atoms with E-state index in [-0.39, 0.29) is 17.4 Å². The maximum absolute atomic E-state index is 12.1. The van der Waals surface area contributed by atoms with Gasteiger partial charge in [0.05, 0.1) is 0 Å². The molecule has 2 atom stereocenters. The van der Waals surface area contributed by atoms with E-state index in [1.54, 1.807) is 25.1 Å². The van der Waals surface area contributed by atoms with Crippen molar-refractivity contribution in [3.8, 4) is 0 Å². The van der Waals surface area contributed by atoms with Crippen LogP contribution >= 0.6 is 0 Å². The number of carbonyl (C=O) groups excluding carboxylic acids is 1. The topological polar surface area (TPSA) is 65.5 Å². The highest BCUT2D eigenvalue weighted by Crippen LogP contribution is 2.51. The average Bonchev–Trinajstić information content (AvgIpc) is 2.76. The number of amides is 1. The van der Waals surface area contributed by atoms with Crippen LogP contribution in [0.1, 0.15) is 47.4 Å². The van der Waals surface area contributed by atoms with Crippen molar-refractivity contribution >= 4 is 18.2 Å². The first-order valence-corrected chi connectivity index (χ1v) is 10.9. The lowest BCUT2D eigenvalue weighted by molar-refractivity contribution is 0.0827. The normalized spacial score (nSPS) is 23.4. The zero-order valence-electron chi connectivity index (χ0n) is 19.1. The monoisotopic (exact) mass is 427 g/mol. The lowest BCUT2D eigenvalue weighted by Crippen LogP contribution is -2.40. The highest BCUT2D eigenvalue weighted by Gasteiger charge is 2.46. The average molecular weight is 428 g/mol. The zero-order chi connectivity index (χ0) is 22.9. The standard InChI is InChI=1S/C27H29N3O2/c1-5-22-21-15-18(2)17-27(22,23-12-13-25(31)29-24(23)16-21)28-14-6-7-19-8-10-20(11-9-19)26(32)30(3)4/h5-15,21H,16-17H2,1-4H3,(H,29,31)/b7-6+,22-5+,28-14?/t21-,27+/m0/s1. The molecule has 0 fully saturated rings. The van der Waals surface area contributed by atoms with E-state index >= 15 is 0 Å². The third kappa shape index (κ3) is 3.91. The van der Waals surface area contributed by atoms with Crippen molar-refractivity contribution in [3.05, 3.63) is 98.5 Å². The van der Waals surface area contributed by atoms with Gasteiger partial charge in [-0.25, -0.2) is 0 Å². The van der Waals surface area contributed by atoms with Gasteiger partial charge in [-0.1, -0.05) is 35.9 Å². The van der Waals surface area contributed by atoms with Gasteiger partial charge in [0.25, 0.3) is 5.91 Å². The summed E-state index contributed by atoms with van der Waals surface area (Å²) in [4.78, 5) is 33.7. The highest BCUT2D eigenvalue weighted by molar-refractivity contribution is 5.94. The molecule has 32 heavy (non-hydrogen) atoms. The smallest absolute Gasteiger partial charge is 0.253 e. The van der Waals surface area contributed by atoms with Gasteiger partial charge in [0, 0.05) is 55.5 Å². The number of fused-ring (bicyclic) bond motifs is 4. The molecule has 0 saturated carbocycles. The molecule has 0 unspecified atom stereocenters. The minimum absolute atomic E-state index is 0.00985. The predicted octanol–water partition coefficient (Wildman–Crippen LogP) is 4.52. The first kappa shape index (κ1) is 21.8. The van der Waals surface area contributed by atoms with Gasteiger partial charge in [-0.15, -0.1) is 0 Å². The number of rotatable bonds is 4. The highest BCUT2D eigenvalue weighted by atomic mass is 16.2. The fourth-order valence-electron chi connectivity index (χ4n) is 4.97. The fraction of sp³-hybridized carbons (Fsp3) is 0.296. The number of nitrogens with zero attached hydrogens (tertiary/aromatic N) is 2. The number of hydrogen-bond acceptors (Lipinski definition) is 3. The summed E-state index contributed by atoms with van der Waals surface area (Å²) in [6.45, 7) is 4.23. The first-order valence-electron chi connectivity index (χ1n) is 10.9. The Morgan fingerprint density at radius 3 is 2.62 bits per heavy atom. The molecule has 5 nitrogen and oxygen atoms in total. The van der Waals surface area contributed by atoms with Crippen LogP contribution < -0.4 is 5.56 Å². The summed E-state index contributed by atoms with van der Waals surface area (Å²) in [5.41, 5.74) is 5.80. The molecule has 4 rings (SSSR count). The number of H-pyrrole nitrogens is 1. The number of allylic oxidation sites excluding steroid dienone is 3. The Hall–Kier alpha value is -3.47. The molecule has 1 N–H and O–H groups in total. The van der Waals surface area contributed by atoms with Crippen LogP contribution in [0.2, 0.25) is 0 Å². The summed E-state index contributed by atoms with van der Waals surface area (Å²) in [6, 6.07) is 11.1. The first-order chi connectivity index (χ1) is 15.3. The van der Waals surface area contributed by atoms with Gasteiger partial charge < -0.3 is 9.88 Å². The molecule has 1 aromatic heterocycles. The van der Waals surface area contributed by atoms with Crippen molar-refractivity contribution < 1.29 is 4.79 Å². The molecule has 0 radical (unpaired) electrons. The van der Waals surface area contributed by atoms with E-state index in [0.29, 0.717) is 5.56 Å². The van der Waals surface area contributed by atoms with Crippen molar-refractivity contribution in [1.82, 2.24) is 9.88 Å². The van der Waals surface area contributed by atoms with Crippen molar-refractivity contribution in [2.75, 3.05) is 14.1 Å². The Labute approximate surface area is 188 Å². The molecular weight excluding hydrogens is 398 g/mol. The molecule has 2 aliphatic rings. The number of aliphatic imine (C=N–C) groups is 1. The van der Waals surface area contributed by atoms with Crippen LogP contribution in [0, 0.1) is 5.92 Å². The summed E-state index contributed by atoms with van der Waals surface area (Å²) in [5, 5.41) is 0. The number of nitrogens with one attached hydrogen (secondary N) is 1. The van der Waals surface area contributed by atoms with Crippen LogP contribution in [0.3, 0.4) is 0 Å². The Morgan fingerprint density at radius 1 is 1.19 bits per heavy atom. The largest absolute Gasteiger partial charge is 0.345 e. The van der Waals surface area contributed by atoms with Crippen molar-refractivity contribution in [3.63, 3.8) is 0 Å². The Kier molecular flexibility index (Phi) is 5.83. The molecule has 0 aliphatic heterocycles. The van der Waals surface area contributed by atoms with Crippen LogP contribution in [0.4, 0.5) is 0 Å². The number of aromatic amines is 1. The summed E-state index contributed by atoms with van der Waals surface area (Å²) < 4.78 is 0. The van der Waals surface area contributed by atoms with E-state index in [4.69, 9.17) is 4.99 Å². The fourth-order valence-corrected chi connectivity index (χ4v) is 4.97. The van der Waals surface area contributed by atoms with Gasteiger partial charge in [-0.2, -0.15) is 0 Å². The molecule has 2 aliphatic carbocycles. The summed E-state index contributed by atoms with van der Waals surface area (Å²) >= 11 is 0. The van der Waals surface area contributed by atoms with Crippen LogP contribution in [0.15, 0.2) is 75.6 Å². The quantitative estimate of drug-likeness (QED) is 0.576.